The van der Waals surface area contributed by atoms with Crippen LogP contribution in [-0.2, 0) is 10.0 Å². The van der Waals surface area contributed by atoms with Crippen molar-refractivity contribution in [1.82, 2.24) is 4.72 Å². The summed E-state index contributed by atoms with van der Waals surface area (Å²) in [6.07, 6.45) is 0. The van der Waals surface area contributed by atoms with E-state index in [1.54, 1.807) is 26.2 Å². The summed E-state index contributed by atoms with van der Waals surface area (Å²) in [5.74, 6) is 0. The van der Waals surface area contributed by atoms with Crippen molar-refractivity contribution in [2.45, 2.75) is 30.5 Å². The number of nitrogens with two attached hydrogens (primary N) is 1. The highest BCUT2D eigenvalue weighted by Gasteiger charge is 2.23. The first-order valence-corrected chi connectivity index (χ1v) is 6.45. The summed E-state index contributed by atoms with van der Waals surface area (Å²) in [6, 6.07) is 1.46. The Balaban J connectivity index is 2.98. The van der Waals surface area contributed by atoms with Gasteiger partial charge in [-0.3, -0.25) is 0 Å². The summed E-state index contributed by atoms with van der Waals surface area (Å²) in [5, 5.41) is 1.61. The maximum absolute atomic E-state index is 11.7. The molecule has 0 fully saturated rings. The quantitative estimate of drug-likeness (QED) is 0.812. The Kier molecular flexibility index (Phi) is 2.89. The van der Waals surface area contributed by atoms with Gasteiger partial charge in [-0.1, -0.05) is 0 Å². The standard InChI is InChI=1S/C8H14N2O2S2/c1-8(2,3)10-14(11,12)7-4-6(9)5-13-7/h4-5,10H,9H2,1-3H3. The van der Waals surface area contributed by atoms with Crippen LogP contribution in [0.2, 0.25) is 0 Å². The number of anilines is 1. The molecule has 0 aromatic carbocycles. The van der Waals surface area contributed by atoms with E-state index in [0.29, 0.717) is 5.69 Å². The lowest BCUT2D eigenvalue weighted by Crippen LogP contribution is -2.40. The van der Waals surface area contributed by atoms with Crippen LogP contribution in [0.15, 0.2) is 15.7 Å². The second-order valence-corrected chi connectivity index (χ2v) is 6.88. The molecule has 3 N–H and O–H groups in total. The second-order valence-electron chi connectivity index (χ2n) is 4.05. The molecule has 0 unspecified atom stereocenters. The molecule has 4 nitrogen and oxygen atoms in total. The monoisotopic (exact) mass is 234 g/mol. The van der Waals surface area contributed by atoms with Crippen LogP contribution in [0.5, 0.6) is 0 Å². The zero-order valence-electron chi connectivity index (χ0n) is 8.37. The van der Waals surface area contributed by atoms with Gasteiger partial charge in [0.05, 0.1) is 0 Å². The zero-order chi connectivity index (χ0) is 11.0. The molecule has 6 heteroatoms. The Morgan fingerprint density at radius 3 is 2.36 bits per heavy atom. The molecule has 0 aliphatic carbocycles. The van der Waals surface area contributed by atoms with Gasteiger partial charge in [-0.05, 0) is 26.8 Å². The van der Waals surface area contributed by atoms with Crippen molar-refractivity contribution >= 4 is 27.0 Å². The van der Waals surface area contributed by atoms with Gasteiger partial charge >= 0.3 is 0 Å². The van der Waals surface area contributed by atoms with Crippen LogP contribution >= 0.6 is 11.3 Å². The SMILES string of the molecule is CC(C)(C)NS(=O)(=O)c1cc(N)cs1. The average Bonchev–Trinajstić information content (AvgIpc) is 2.29. The summed E-state index contributed by atoms with van der Waals surface area (Å²) in [5.41, 5.74) is 5.46. The molecule has 0 spiro atoms. The smallest absolute Gasteiger partial charge is 0.250 e. The molecule has 0 radical (unpaired) electrons. The Hall–Kier alpha value is -0.590. The van der Waals surface area contributed by atoms with Crippen molar-refractivity contribution < 1.29 is 8.42 Å². The molecule has 1 heterocycles. The maximum atomic E-state index is 11.7. The number of hydrogen-bond acceptors (Lipinski definition) is 4. The first-order valence-electron chi connectivity index (χ1n) is 4.09. The van der Waals surface area contributed by atoms with Gasteiger partial charge in [0.1, 0.15) is 4.21 Å². The Bertz CT molecular complexity index is 415. The van der Waals surface area contributed by atoms with Gasteiger partial charge in [-0.15, -0.1) is 11.3 Å². The lowest BCUT2D eigenvalue weighted by atomic mass is 10.1. The molecule has 0 aliphatic rings. The Morgan fingerprint density at radius 2 is 2.00 bits per heavy atom. The summed E-state index contributed by atoms with van der Waals surface area (Å²) in [7, 11) is -3.41. The van der Waals surface area contributed by atoms with Gasteiger partial charge in [0.15, 0.2) is 0 Å². The summed E-state index contributed by atoms with van der Waals surface area (Å²) in [6.45, 7) is 5.38. The number of rotatable bonds is 2. The molecular weight excluding hydrogens is 220 g/mol. The third-order valence-corrected chi connectivity index (χ3v) is 4.52. The third-order valence-electron chi connectivity index (χ3n) is 1.30. The van der Waals surface area contributed by atoms with E-state index in [1.807, 2.05) is 0 Å². The maximum Gasteiger partial charge on any atom is 0.250 e. The summed E-state index contributed by atoms with van der Waals surface area (Å²) in [4.78, 5) is 0. The molecule has 1 rings (SSSR count). The summed E-state index contributed by atoms with van der Waals surface area (Å²) < 4.78 is 26.2. The molecule has 0 saturated carbocycles. The van der Waals surface area contributed by atoms with Crippen molar-refractivity contribution in [3.8, 4) is 0 Å². The van der Waals surface area contributed by atoms with Crippen molar-refractivity contribution in [2.24, 2.45) is 0 Å². The molecule has 0 bridgehead atoms. The lowest BCUT2D eigenvalue weighted by molar-refractivity contribution is 0.492. The molecule has 0 amide bonds. The molecule has 80 valence electrons. The van der Waals surface area contributed by atoms with Gasteiger partial charge < -0.3 is 5.73 Å². The first-order chi connectivity index (χ1) is 6.21. The predicted octanol–water partition coefficient (Wildman–Crippen LogP) is 1.41. The number of hydrogen-bond donors (Lipinski definition) is 2. The van der Waals surface area contributed by atoms with Crippen LogP contribution in [0.25, 0.3) is 0 Å². The highest BCUT2D eigenvalue weighted by Crippen LogP contribution is 2.22. The molecular formula is C8H14N2O2S2. The minimum absolute atomic E-state index is 0.255. The predicted molar refractivity (Wildman–Crippen MR) is 58.8 cm³/mol. The van der Waals surface area contributed by atoms with E-state index in [-0.39, 0.29) is 4.21 Å². The molecule has 0 saturated heterocycles. The number of sulfonamides is 1. The van der Waals surface area contributed by atoms with E-state index in [2.05, 4.69) is 4.72 Å². The van der Waals surface area contributed by atoms with Crippen LogP contribution in [0.4, 0.5) is 5.69 Å². The van der Waals surface area contributed by atoms with E-state index in [0.717, 1.165) is 11.3 Å². The van der Waals surface area contributed by atoms with Crippen molar-refractivity contribution in [2.75, 3.05) is 5.73 Å². The largest absolute Gasteiger partial charge is 0.398 e. The van der Waals surface area contributed by atoms with Crippen LogP contribution < -0.4 is 10.5 Å². The van der Waals surface area contributed by atoms with Gasteiger partial charge in [0, 0.05) is 16.6 Å². The molecule has 14 heavy (non-hydrogen) atoms. The second kappa shape index (κ2) is 3.52. The Morgan fingerprint density at radius 1 is 1.43 bits per heavy atom. The highest BCUT2D eigenvalue weighted by atomic mass is 32.2. The number of nitrogens with one attached hydrogen (secondary N) is 1. The Labute approximate surface area is 88.2 Å². The molecule has 0 atom stereocenters. The molecule has 0 aliphatic heterocycles. The average molecular weight is 234 g/mol. The summed E-state index contributed by atoms with van der Waals surface area (Å²) >= 11 is 1.12. The van der Waals surface area contributed by atoms with E-state index < -0.39 is 15.6 Å². The van der Waals surface area contributed by atoms with Gasteiger partial charge in [0.25, 0.3) is 10.0 Å². The lowest BCUT2D eigenvalue weighted by Gasteiger charge is -2.19. The zero-order valence-corrected chi connectivity index (χ0v) is 10.00. The van der Waals surface area contributed by atoms with Gasteiger partial charge in [-0.2, -0.15) is 0 Å². The molecule has 1 aromatic heterocycles. The van der Waals surface area contributed by atoms with E-state index in [4.69, 9.17) is 5.73 Å². The minimum atomic E-state index is -3.41. The molecule has 1 aromatic rings. The van der Waals surface area contributed by atoms with Crippen molar-refractivity contribution in [3.63, 3.8) is 0 Å². The topological polar surface area (TPSA) is 72.2 Å². The fourth-order valence-electron chi connectivity index (χ4n) is 0.925. The number of nitrogen functional groups attached to an aromatic ring is 1. The van der Waals surface area contributed by atoms with Crippen molar-refractivity contribution in [3.05, 3.63) is 11.4 Å². The fourth-order valence-corrected chi connectivity index (χ4v) is 3.42. The van der Waals surface area contributed by atoms with Crippen LogP contribution in [0, 0.1) is 0 Å². The normalized spacial score (nSPS) is 13.1. The van der Waals surface area contributed by atoms with Crippen molar-refractivity contribution in [1.29, 1.82) is 0 Å². The van der Waals surface area contributed by atoms with E-state index in [9.17, 15) is 8.42 Å². The van der Waals surface area contributed by atoms with E-state index >= 15 is 0 Å². The number of thiophene rings is 1. The first kappa shape index (κ1) is 11.5. The van der Waals surface area contributed by atoms with Crippen LogP contribution in [0.1, 0.15) is 20.8 Å². The highest BCUT2D eigenvalue weighted by molar-refractivity contribution is 7.91. The minimum Gasteiger partial charge on any atom is -0.398 e. The van der Waals surface area contributed by atoms with Crippen LogP contribution in [0.3, 0.4) is 0 Å². The van der Waals surface area contributed by atoms with E-state index in [1.165, 1.54) is 6.07 Å². The van der Waals surface area contributed by atoms with Gasteiger partial charge in [-0.25, -0.2) is 13.1 Å². The van der Waals surface area contributed by atoms with Crippen LogP contribution in [-0.4, -0.2) is 14.0 Å². The van der Waals surface area contributed by atoms with Gasteiger partial charge in [0.2, 0.25) is 0 Å². The fraction of sp³-hybridized carbons (Fsp3) is 0.500. The third kappa shape index (κ3) is 2.97.